The second-order valence-corrected chi connectivity index (χ2v) is 9.36. The number of anilines is 3. The lowest BCUT2D eigenvalue weighted by Gasteiger charge is -2.39. The molecule has 0 spiro atoms. The van der Waals surface area contributed by atoms with Crippen molar-refractivity contribution in [3.05, 3.63) is 47.8 Å². The highest BCUT2D eigenvalue weighted by molar-refractivity contribution is 6.04. The Balaban J connectivity index is 1.34. The van der Waals surface area contributed by atoms with E-state index < -0.39 is 5.91 Å². The first kappa shape index (κ1) is 24.9. The van der Waals surface area contributed by atoms with Crippen LogP contribution in [0.5, 0.6) is 11.5 Å². The zero-order valence-corrected chi connectivity index (χ0v) is 21.1. The Hall–Kier alpha value is -4.79. The molecule has 1 saturated carbocycles. The molecule has 2 amide bonds. The normalized spacial score (nSPS) is 15.5. The van der Waals surface area contributed by atoms with Gasteiger partial charge >= 0.3 is 0 Å². The molecule has 1 aromatic carbocycles. The van der Waals surface area contributed by atoms with Crippen LogP contribution in [-0.2, 0) is 4.79 Å². The summed E-state index contributed by atoms with van der Waals surface area (Å²) < 4.78 is 12.3. The number of carbonyl (C=O) groups excluding carboxylic acids is 2. The number of ether oxygens (including phenoxy) is 2. The van der Waals surface area contributed by atoms with Crippen LogP contribution in [0, 0.1) is 23.2 Å². The maximum absolute atomic E-state index is 12.6. The molecular formula is C26H28N8O4. The third kappa shape index (κ3) is 5.04. The van der Waals surface area contributed by atoms with Gasteiger partial charge in [-0.3, -0.25) is 14.0 Å². The van der Waals surface area contributed by atoms with E-state index in [0.717, 1.165) is 12.8 Å². The largest absolute Gasteiger partial charge is 0.497 e. The summed E-state index contributed by atoms with van der Waals surface area (Å²) in [6, 6.07) is 7.25. The third-order valence-electron chi connectivity index (χ3n) is 6.58. The standard InChI is InChI=1S/C26H28N8O4/c1-37-19-8-18(9-20(10-19)38-2)31-23-21(22(28)35)24-29-5-6-34(24)26(32-23)30-12-16-13-33(14-16)25(36)17(11-27)7-15-3-4-15/h5-10,15-16,31H,3-4,12-14H2,1-2H3,(H2,28,35)(H,30,32). The van der Waals surface area contributed by atoms with E-state index in [9.17, 15) is 14.9 Å². The van der Waals surface area contributed by atoms with Crippen molar-refractivity contribution in [1.29, 1.82) is 5.26 Å². The van der Waals surface area contributed by atoms with Gasteiger partial charge in [0.1, 0.15) is 28.7 Å². The van der Waals surface area contributed by atoms with Crippen LogP contribution in [0.15, 0.2) is 42.2 Å². The van der Waals surface area contributed by atoms with Gasteiger partial charge in [0.2, 0.25) is 5.95 Å². The van der Waals surface area contributed by atoms with Crippen LogP contribution in [0.1, 0.15) is 23.2 Å². The van der Waals surface area contributed by atoms with Crippen molar-refractivity contribution in [2.75, 3.05) is 44.5 Å². The first-order chi connectivity index (χ1) is 18.4. The van der Waals surface area contributed by atoms with Crippen molar-refractivity contribution in [2.45, 2.75) is 12.8 Å². The molecule has 1 aliphatic heterocycles. The van der Waals surface area contributed by atoms with E-state index in [1.807, 2.05) is 6.07 Å². The SMILES string of the molecule is COc1cc(Nc2nc(NCC3CN(C(=O)C(C#N)=CC4CC4)C3)n3ccnc3c2C(N)=O)cc(OC)c1. The molecule has 0 unspecified atom stereocenters. The van der Waals surface area contributed by atoms with Gasteiger partial charge in [0.05, 0.1) is 14.2 Å². The average molecular weight is 517 g/mol. The van der Waals surface area contributed by atoms with Crippen molar-refractivity contribution in [3.8, 4) is 17.6 Å². The first-order valence-electron chi connectivity index (χ1n) is 12.2. The predicted molar refractivity (Wildman–Crippen MR) is 139 cm³/mol. The van der Waals surface area contributed by atoms with Crippen LogP contribution >= 0.6 is 0 Å². The van der Waals surface area contributed by atoms with E-state index in [1.165, 1.54) is 0 Å². The summed E-state index contributed by atoms with van der Waals surface area (Å²) >= 11 is 0. The van der Waals surface area contributed by atoms with Gasteiger partial charge in [-0.25, -0.2) is 4.98 Å². The molecule has 1 saturated heterocycles. The van der Waals surface area contributed by atoms with E-state index in [1.54, 1.807) is 60.2 Å². The monoisotopic (exact) mass is 516 g/mol. The van der Waals surface area contributed by atoms with Crippen LogP contribution < -0.4 is 25.8 Å². The molecule has 1 aliphatic carbocycles. The molecule has 4 N–H and O–H groups in total. The Morgan fingerprint density at radius 1 is 1.21 bits per heavy atom. The summed E-state index contributed by atoms with van der Waals surface area (Å²) in [7, 11) is 3.09. The van der Waals surface area contributed by atoms with Crippen molar-refractivity contribution in [2.24, 2.45) is 17.6 Å². The quantitative estimate of drug-likeness (QED) is 0.271. The Kier molecular flexibility index (Phi) is 6.74. The summed E-state index contributed by atoms with van der Waals surface area (Å²) in [5.74, 6) is 1.44. The van der Waals surface area contributed by atoms with Gasteiger partial charge in [-0.05, 0) is 18.8 Å². The highest BCUT2D eigenvalue weighted by atomic mass is 16.5. The van der Waals surface area contributed by atoms with Crippen LogP contribution in [0.25, 0.3) is 5.65 Å². The molecule has 12 heteroatoms. The van der Waals surface area contributed by atoms with E-state index in [2.05, 4.69) is 20.6 Å². The number of amides is 2. The van der Waals surface area contributed by atoms with Crippen LogP contribution in [0.2, 0.25) is 0 Å². The lowest BCUT2D eigenvalue weighted by molar-refractivity contribution is -0.132. The molecule has 38 heavy (non-hydrogen) atoms. The number of allylic oxidation sites excluding steroid dienone is 1. The Bertz CT molecular complexity index is 1440. The number of nitrogens with zero attached hydrogens (tertiary/aromatic N) is 5. The molecule has 3 heterocycles. The lowest BCUT2D eigenvalue weighted by Crippen LogP contribution is -2.52. The molecule has 0 radical (unpaired) electrons. The fraction of sp³-hybridized carbons (Fsp3) is 0.346. The van der Waals surface area contributed by atoms with E-state index in [4.69, 9.17) is 15.2 Å². The molecule has 2 fully saturated rings. The number of fused-ring (bicyclic) bond motifs is 1. The van der Waals surface area contributed by atoms with E-state index >= 15 is 0 Å². The maximum Gasteiger partial charge on any atom is 0.264 e. The molecular weight excluding hydrogens is 488 g/mol. The van der Waals surface area contributed by atoms with Crippen LogP contribution in [0.4, 0.5) is 17.5 Å². The zero-order chi connectivity index (χ0) is 26.8. The van der Waals surface area contributed by atoms with Gasteiger partial charge in [-0.15, -0.1) is 0 Å². The number of nitrogens with one attached hydrogen (secondary N) is 2. The second-order valence-electron chi connectivity index (χ2n) is 9.36. The molecule has 0 atom stereocenters. The number of methoxy groups -OCH3 is 2. The van der Waals surface area contributed by atoms with Gasteiger partial charge in [0.25, 0.3) is 11.8 Å². The number of likely N-dealkylation sites (tertiary alicyclic amines) is 1. The van der Waals surface area contributed by atoms with Crippen molar-refractivity contribution in [1.82, 2.24) is 19.3 Å². The molecule has 0 bridgehead atoms. The number of nitriles is 1. The summed E-state index contributed by atoms with van der Waals surface area (Å²) in [6.45, 7) is 1.61. The summed E-state index contributed by atoms with van der Waals surface area (Å²) in [5.41, 5.74) is 7.01. The number of carbonyl (C=O) groups is 2. The van der Waals surface area contributed by atoms with Gasteiger partial charge in [-0.1, -0.05) is 6.08 Å². The van der Waals surface area contributed by atoms with Gasteiger partial charge in [-0.2, -0.15) is 10.2 Å². The Morgan fingerprint density at radius 3 is 2.53 bits per heavy atom. The summed E-state index contributed by atoms with van der Waals surface area (Å²) in [5, 5.41) is 15.8. The van der Waals surface area contributed by atoms with Crippen LogP contribution in [-0.4, -0.2) is 64.9 Å². The lowest BCUT2D eigenvalue weighted by atomic mass is 9.98. The molecule has 3 aromatic rings. The number of rotatable bonds is 10. The number of imidazole rings is 1. The predicted octanol–water partition coefficient (Wildman–Crippen LogP) is 2.32. The minimum absolute atomic E-state index is 0.134. The molecule has 12 nitrogen and oxygen atoms in total. The van der Waals surface area contributed by atoms with Gasteiger partial charge < -0.3 is 30.7 Å². The van der Waals surface area contributed by atoms with E-state index in [-0.39, 0.29) is 28.8 Å². The summed E-state index contributed by atoms with van der Waals surface area (Å²) in [4.78, 5) is 35.7. The highest BCUT2D eigenvalue weighted by Gasteiger charge is 2.33. The fourth-order valence-corrected chi connectivity index (χ4v) is 4.36. The first-order valence-corrected chi connectivity index (χ1v) is 12.2. The van der Waals surface area contributed by atoms with Crippen molar-refractivity contribution < 1.29 is 19.1 Å². The Morgan fingerprint density at radius 2 is 1.92 bits per heavy atom. The second kappa shape index (κ2) is 10.3. The zero-order valence-electron chi connectivity index (χ0n) is 21.1. The smallest absolute Gasteiger partial charge is 0.264 e. The minimum atomic E-state index is -0.682. The number of hydrogen-bond donors (Lipinski definition) is 3. The van der Waals surface area contributed by atoms with E-state index in [0.29, 0.717) is 54.3 Å². The topological polar surface area (TPSA) is 160 Å². The number of primary amides is 1. The third-order valence-corrected chi connectivity index (χ3v) is 6.58. The highest BCUT2D eigenvalue weighted by Crippen LogP contribution is 2.33. The van der Waals surface area contributed by atoms with Crippen molar-refractivity contribution >= 4 is 34.9 Å². The minimum Gasteiger partial charge on any atom is -0.497 e. The average Bonchev–Trinajstić information content (AvgIpc) is 3.58. The molecule has 196 valence electrons. The molecule has 2 aromatic heterocycles. The number of hydrogen-bond acceptors (Lipinski definition) is 9. The number of nitrogens with two attached hydrogens (primary N) is 1. The summed E-state index contributed by atoms with van der Waals surface area (Å²) in [6.07, 6.45) is 7.12. The maximum atomic E-state index is 12.6. The van der Waals surface area contributed by atoms with Crippen molar-refractivity contribution in [3.63, 3.8) is 0 Å². The molecule has 5 rings (SSSR count). The van der Waals surface area contributed by atoms with Gasteiger partial charge in [0.15, 0.2) is 11.5 Å². The molecule has 2 aliphatic rings. The van der Waals surface area contributed by atoms with Gasteiger partial charge in [0, 0.05) is 61.8 Å². The number of aromatic nitrogens is 3. The fourth-order valence-electron chi connectivity index (χ4n) is 4.36. The number of benzene rings is 1. The van der Waals surface area contributed by atoms with Crippen LogP contribution in [0.3, 0.4) is 0 Å². The Labute approximate surface area is 219 Å².